The molecule has 2 rings (SSSR count). The number of benzene rings is 1. The lowest BCUT2D eigenvalue weighted by Crippen LogP contribution is -2.38. The first-order chi connectivity index (χ1) is 10.1. The lowest BCUT2D eigenvalue weighted by Gasteiger charge is -2.31. The second-order valence-corrected chi connectivity index (χ2v) is 5.91. The van der Waals surface area contributed by atoms with E-state index in [4.69, 9.17) is 16.3 Å². The summed E-state index contributed by atoms with van der Waals surface area (Å²) in [5, 5.41) is 3.29. The number of rotatable bonds is 4. The average molecular weight is 311 g/mol. The molecule has 1 aliphatic heterocycles. The number of hydrogen-bond donors (Lipinski definition) is 1. The minimum Gasteiger partial charge on any atom is -0.446 e. The second kappa shape index (κ2) is 7.66. The van der Waals surface area contributed by atoms with Gasteiger partial charge in [-0.15, -0.1) is 0 Å². The Morgan fingerprint density at radius 2 is 2.14 bits per heavy atom. The first-order valence-electron chi connectivity index (χ1n) is 7.55. The molecule has 1 heterocycles. The van der Waals surface area contributed by atoms with Crippen LogP contribution in [-0.4, -0.2) is 36.7 Å². The third-order valence-corrected chi connectivity index (χ3v) is 4.11. The van der Waals surface area contributed by atoms with Crippen molar-refractivity contribution in [2.75, 3.05) is 25.0 Å². The Bertz CT molecular complexity index is 465. The van der Waals surface area contributed by atoms with Crippen LogP contribution in [0.25, 0.3) is 0 Å². The van der Waals surface area contributed by atoms with E-state index in [0.29, 0.717) is 10.7 Å². The van der Waals surface area contributed by atoms with Crippen molar-refractivity contribution in [3.8, 4) is 0 Å². The van der Waals surface area contributed by atoms with E-state index in [-0.39, 0.29) is 6.10 Å². The smallest absolute Gasteiger partial charge is 0.411 e. The highest BCUT2D eigenvalue weighted by Gasteiger charge is 2.22. The van der Waals surface area contributed by atoms with Crippen LogP contribution in [0, 0.1) is 6.92 Å². The summed E-state index contributed by atoms with van der Waals surface area (Å²) in [6.45, 7) is 7.21. The molecule has 0 atom stereocenters. The third-order valence-electron chi connectivity index (χ3n) is 3.80. The van der Waals surface area contributed by atoms with Crippen molar-refractivity contribution < 1.29 is 9.53 Å². The van der Waals surface area contributed by atoms with Gasteiger partial charge in [-0.3, -0.25) is 5.32 Å². The number of hydrogen-bond acceptors (Lipinski definition) is 3. The average Bonchev–Trinajstić information content (AvgIpc) is 2.45. The Labute approximate surface area is 131 Å². The Hall–Kier alpha value is -1.26. The number of amides is 1. The maximum atomic E-state index is 12.0. The van der Waals surface area contributed by atoms with Crippen LogP contribution in [0.2, 0.25) is 5.02 Å². The largest absolute Gasteiger partial charge is 0.446 e. The molecule has 0 saturated carbocycles. The molecular formula is C16H23ClN2O2. The van der Waals surface area contributed by atoms with Gasteiger partial charge in [0.2, 0.25) is 0 Å². The second-order valence-electron chi connectivity index (χ2n) is 5.50. The van der Waals surface area contributed by atoms with E-state index in [1.54, 1.807) is 6.07 Å². The molecule has 1 aliphatic rings. The van der Waals surface area contributed by atoms with Gasteiger partial charge in [0.1, 0.15) is 6.10 Å². The Morgan fingerprint density at radius 3 is 2.76 bits per heavy atom. The van der Waals surface area contributed by atoms with Crippen molar-refractivity contribution in [3.05, 3.63) is 28.8 Å². The minimum atomic E-state index is -0.417. The van der Waals surface area contributed by atoms with E-state index < -0.39 is 6.09 Å². The molecule has 0 aliphatic carbocycles. The number of halogens is 1. The molecule has 1 amide bonds. The predicted molar refractivity (Wildman–Crippen MR) is 86.0 cm³/mol. The topological polar surface area (TPSA) is 41.6 Å². The molecule has 1 N–H and O–H groups in total. The number of aryl methyl sites for hydroxylation is 1. The van der Waals surface area contributed by atoms with Crippen LogP contribution in [0.1, 0.15) is 31.7 Å². The van der Waals surface area contributed by atoms with Crippen LogP contribution in [0.4, 0.5) is 10.5 Å². The quantitative estimate of drug-likeness (QED) is 0.911. The van der Waals surface area contributed by atoms with Crippen molar-refractivity contribution in [2.45, 2.75) is 39.2 Å². The molecule has 4 nitrogen and oxygen atoms in total. The molecule has 0 unspecified atom stereocenters. The monoisotopic (exact) mass is 310 g/mol. The Balaban J connectivity index is 1.83. The van der Waals surface area contributed by atoms with Gasteiger partial charge in [-0.1, -0.05) is 30.7 Å². The lowest BCUT2D eigenvalue weighted by atomic mass is 10.1. The number of nitrogens with one attached hydrogen (secondary N) is 1. The van der Waals surface area contributed by atoms with Gasteiger partial charge in [-0.2, -0.15) is 0 Å². The highest BCUT2D eigenvalue weighted by Crippen LogP contribution is 2.25. The zero-order chi connectivity index (χ0) is 15.2. The molecule has 1 fully saturated rings. The van der Waals surface area contributed by atoms with Gasteiger partial charge in [0.15, 0.2) is 0 Å². The molecule has 1 saturated heterocycles. The standard InChI is InChI=1S/C16H23ClN2O2/c1-3-9-19-10-7-13(8-11-19)21-16(20)18-15-12(2)5-4-6-14(15)17/h4-6,13H,3,7-11H2,1-2H3,(H,18,20). The number of ether oxygens (including phenoxy) is 1. The summed E-state index contributed by atoms with van der Waals surface area (Å²) in [5.41, 5.74) is 1.56. The first-order valence-corrected chi connectivity index (χ1v) is 7.93. The fourth-order valence-corrected chi connectivity index (χ4v) is 2.91. The summed E-state index contributed by atoms with van der Waals surface area (Å²) >= 11 is 6.09. The number of para-hydroxylation sites is 1. The predicted octanol–water partition coefficient (Wildman–Crippen LogP) is 4.07. The van der Waals surface area contributed by atoms with Gasteiger partial charge < -0.3 is 9.64 Å². The van der Waals surface area contributed by atoms with Crippen molar-refractivity contribution in [3.63, 3.8) is 0 Å². The third kappa shape index (κ3) is 4.61. The van der Waals surface area contributed by atoms with Gasteiger partial charge >= 0.3 is 6.09 Å². The van der Waals surface area contributed by atoms with Crippen molar-refractivity contribution in [1.82, 2.24) is 4.90 Å². The zero-order valence-corrected chi connectivity index (χ0v) is 13.4. The van der Waals surface area contributed by atoms with E-state index >= 15 is 0 Å². The number of nitrogens with zero attached hydrogens (tertiary/aromatic N) is 1. The highest BCUT2D eigenvalue weighted by atomic mass is 35.5. The van der Waals surface area contributed by atoms with Crippen molar-refractivity contribution in [2.24, 2.45) is 0 Å². The normalized spacial score (nSPS) is 16.7. The van der Waals surface area contributed by atoms with Gasteiger partial charge in [0.05, 0.1) is 10.7 Å². The number of carbonyl (C=O) groups is 1. The number of anilines is 1. The highest BCUT2D eigenvalue weighted by molar-refractivity contribution is 6.33. The van der Waals surface area contributed by atoms with Crippen LogP contribution in [0.5, 0.6) is 0 Å². The molecule has 116 valence electrons. The van der Waals surface area contributed by atoms with E-state index in [1.165, 1.54) is 0 Å². The van der Waals surface area contributed by atoms with Crippen LogP contribution in [0.3, 0.4) is 0 Å². The summed E-state index contributed by atoms with van der Waals surface area (Å²) in [6, 6.07) is 5.52. The Kier molecular flexibility index (Phi) is 5.88. The molecule has 1 aromatic carbocycles. The molecule has 5 heteroatoms. The molecule has 0 spiro atoms. The minimum absolute atomic E-state index is 0.000833. The molecule has 21 heavy (non-hydrogen) atoms. The van der Waals surface area contributed by atoms with Crippen molar-refractivity contribution in [1.29, 1.82) is 0 Å². The van der Waals surface area contributed by atoms with E-state index in [9.17, 15) is 4.79 Å². The maximum Gasteiger partial charge on any atom is 0.411 e. The molecule has 0 bridgehead atoms. The number of likely N-dealkylation sites (tertiary alicyclic amines) is 1. The van der Waals surface area contributed by atoms with Gasteiger partial charge in [0.25, 0.3) is 0 Å². The molecule has 1 aromatic rings. The molecule has 0 radical (unpaired) electrons. The molecular weight excluding hydrogens is 288 g/mol. The Morgan fingerprint density at radius 1 is 1.43 bits per heavy atom. The van der Waals surface area contributed by atoms with Crippen LogP contribution in [0.15, 0.2) is 18.2 Å². The fraction of sp³-hybridized carbons (Fsp3) is 0.562. The summed E-state index contributed by atoms with van der Waals surface area (Å²) in [7, 11) is 0. The van der Waals surface area contributed by atoms with E-state index in [0.717, 1.165) is 44.5 Å². The zero-order valence-electron chi connectivity index (χ0n) is 12.7. The SMILES string of the molecule is CCCN1CCC(OC(=O)Nc2c(C)cccc2Cl)CC1. The van der Waals surface area contributed by atoms with Crippen LogP contribution in [-0.2, 0) is 4.74 Å². The lowest BCUT2D eigenvalue weighted by molar-refractivity contribution is 0.0590. The molecule has 0 aromatic heterocycles. The van der Waals surface area contributed by atoms with Crippen molar-refractivity contribution >= 4 is 23.4 Å². The summed E-state index contributed by atoms with van der Waals surface area (Å²) in [4.78, 5) is 14.4. The van der Waals surface area contributed by atoms with Gasteiger partial charge in [-0.05, 0) is 44.4 Å². The van der Waals surface area contributed by atoms with Gasteiger partial charge in [0, 0.05) is 13.1 Å². The summed E-state index contributed by atoms with van der Waals surface area (Å²) in [5.74, 6) is 0. The van der Waals surface area contributed by atoms with E-state index in [1.807, 2.05) is 19.1 Å². The van der Waals surface area contributed by atoms with E-state index in [2.05, 4.69) is 17.1 Å². The number of carbonyl (C=O) groups excluding carboxylic acids is 1. The number of piperidine rings is 1. The van der Waals surface area contributed by atoms with Crippen LogP contribution < -0.4 is 5.32 Å². The fourth-order valence-electron chi connectivity index (χ4n) is 2.64. The summed E-state index contributed by atoms with van der Waals surface area (Å²) in [6.07, 6.45) is 2.54. The first kappa shape index (κ1) is 16.1. The van der Waals surface area contributed by atoms with Gasteiger partial charge in [-0.25, -0.2) is 4.79 Å². The summed E-state index contributed by atoms with van der Waals surface area (Å²) < 4.78 is 5.50. The van der Waals surface area contributed by atoms with Crippen LogP contribution >= 0.6 is 11.6 Å². The maximum absolute atomic E-state index is 12.0.